The van der Waals surface area contributed by atoms with Crippen LogP contribution in [0.3, 0.4) is 0 Å². The smallest absolute Gasteiger partial charge is 0.245 e. The maximum atomic E-state index is 13.3. The average molecular weight is 368 g/mol. The van der Waals surface area contributed by atoms with Crippen molar-refractivity contribution >= 4 is 20.9 Å². The average Bonchev–Trinajstić information content (AvgIpc) is 2.68. The van der Waals surface area contributed by atoms with Crippen molar-refractivity contribution in [3.05, 3.63) is 71.9 Å². The molecule has 1 saturated heterocycles. The van der Waals surface area contributed by atoms with Crippen LogP contribution in [0.4, 0.5) is 0 Å². The summed E-state index contributed by atoms with van der Waals surface area (Å²) in [6.45, 7) is 2.96. The van der Waals surface area contributed by atoms with Crippen molar-refractivity contribution in [1.29, 1.82) is 0 Å². The third-order valence-electron chi connectivity index (χ3n) is 4.63. The number of fused-ring (bicyclic) bond motifs is 1. The van der Waals surface area contributed by atoms with Crippen LogP contribution in [0.1, 0.15) is 17.2 Å². The molecule has 1 aliphatic rings. The Labute approximate surface area is 153 Å². The fourth-order valence-corrected chi connectivity index (χ4v) is 4.89. The zero-order valence-corrected chi connectivity index (χ0v) is 15.3. The number of morpholine rings is 1. The predicted octanol–water partition coefficient (Wildman–Crippen LogP) is 3.31. The molecule has 4 rings (SSSR count). The van der Waals surface area contributed by atoms with Crippen LogP contribution in [-0.4, -0.2) is 37.4 Å². The summed E-state index contributed by atoms with van der Waals surface area (Å²) in [6.07, 6.45) is 1.44. The summed E-state index contributed by atoms with van der Waals surface area (Å²) in [4.78, 5) is 4.64. The largest absolute Gasteiger partial charge is 0.371 e. The van der Waals surface area contributed by atoms with Gasteiger partial charge in [-0.2, -0.15) is 4.31 Å². The fourth-order valence-electron chi connectivity index (χ4n) is 3.30. The molecule has 3 aromatic rings. The van der Waals surface area contributed by atoms with Gasteiger partial charge in [-0.15, -0.1) is 0 Å². The Bertz CT molecular complexity index is 1040. The van der Waals surface area contributed by atoms with Crippen LogP contribution in [-0.2, 0) is 14.8 Å². The first kappa shape index (κ1) is 17.1. The minimum atomic E-state index is -3.65. The first-order valence-electron chi connectivity index (χ1n) is 8.58. The van der Waals surface area contributed by atoms with Gasteiger partial charge < -0.3 is 4.74 Å². The molecule has 0 aliphatic carbocycles. The van der Waals surface area contributed by atoms with Crippen LogP contribution in [0.15, 0.2) is 65.7 Å². The molecule has 0 saturated carbocycles. The van der Waals surface area contributed by atoms with E-state index < -0.39 is 10.0 Å². The van der Waals surface area contributed by atoms with E-state index in [1.807, 2.05) is 49.4 Å². The molecule has 1 atom stereocenters. The van der Waals surface area contributed by atoms with Crippen LogP contribution in [0.2, 0.25) is 0 Å². The van der Waals surface area contributed by atoms with E-state index in [2.05, 4.69) is 4.98 Å². The number of aryl methyl sites for hydroxylation is 1. The number of pyridine rings is 1. The van der Waals surface area contributed by atoms with E-state index in [9.17, 15) is 8.42 Å². The molecule has 1 aromatic heterocycles. The van der Waals surface area contributed by atoms with Crippen LogP contribution >= 0.6 is 0 Å². The van der Waals surface area contributed by atoms with Crippen molar-refractivity contribution in [2.75, 3.05) is 19.7 Å². The second-order valence-corrected chi connectivity index (χ2v) is 8.38. The van der Waals surface area contributed by atoms with Crippen LogP contribution in [0.25, 0.3) is 10.9 Å². The molecule has 0 spiro atoms. The predicted molar refractivity (Wildman–Crippen MR) is 100 cm³/mol. The lowest BCUT2D eigenvalue weighted by atomic mass is 10.1. The summed E-state index contributed by atoms with van der Waals surface area (Å²) >= 11 is 0. The van der Waals surface area contributed by atoms with Crippen LogP contribution < -0.4 is 0 Å². The Balaban J connectivity index is 1.71. The maximum absolute atomic E-state index is 13.3. The molecule has 0 radical (unpaired) electrons. The molecule has 0 bridgehead atoms. The lowest BCUT2D eigenvalue weighted by molar-refractivity contribution is -0.00253. The van der Waals surface area contributed by atoms with Crippen molar-refractivity contribution in [2.24, 2.45) is 0 Å². The molecule has 6 heteroatoms. The van der Waals surface area contributed by atoms with Gasteiger partial charge in [-0.1, -0.05) is 42.5 Å². The number of benzene rings is 2. The van der Waals surface area contributed by atoms with E-state index in [0.717, 1.165) is 16.5 Å². The molecule has 2 aromatic carbocycles. The molecule has 134 valence electrons. The Morgan fingerprint density at radius 2 is 1.92 bits per heavy atom. The summed E-state index contributed by atoms with van der Waals surface area (Å²) in [5.74, 6) is 0. The highest BCUT2D eigenvalue weighted by molar-refractivity contribution is 7.89. The monoisotopic (exact) mass is 368 g/mol. The third kappa shape index (κ3) is 3.11. The number of nitrogens with zero attached hydrogens (tertiary/aromatic N) is 2. The molecule has 0 amide bonds. The lowest BCUT2D eigenvalue weighted by Crippen LogP contribution is -2.42. The van der Waals surface area contributed by atoms with Gasteiger partial charge in [0.05, 0.1) is 18.2 Å². The van der Waals surface area contributed by atoms with Gasteiger partial charge in [-0.25, -0.2) is 8.42 Å². The molecule has 1 fully saturated rings. The number of rotatable bonds is 3. The Kier molecular flexibility index (Phi) is 4.48. The summed E-state index contributed by atoms with van der Waals surface area (Å²) < 4.78 is 33.9. The minimum Gasteiger partial charge on any atom is -0.371 e. The van der Waals surface area contributed by atoms with E-state index in [1.54, 1.807) is 18.3 Å². The second-order valence-electron chi connectivity index (χ2n) is 6.47. The van der Waals surface area contributed by atoms with E-state index in [4.69, 9.17) is 4.74 Å². The topological polar surface area (TPSA) is 59.5 Å². The van der Waals surface area contributed by atoms with Crippen molar-refractivity contribution in [3.8, 4) is 0 Å². The maximum Gasteiger partial charge on any atom is 0.245 e. The van der Waals surface area contributed by atoms with Crippen molar-refractivity contribution in [3.63, 3.8) is 0 Å². The number of hydrogen-bond acceptors (Lipinski definition) is 4. The third-order valence-corrected chi connectivity index (χ3v) is 6.53. The van der Waals surface area contributed by atoms with Gasteiger partial charge in [0.15, 0.2) is 0 Å². The Morgan fingerprint density at radius 1 is 1.12 bits per heavy atom. The van der Waals surface area contributed by atoms with Gasteiger partial charge in [-0.05, 0) is 30.2 Å². The first-order chi connectivity index (χ1) is 12.6. The molecule has 0 N–H and O–H groups in total. The number of para-hydroxylation sites is 1. The number of aromatic nitrogens is 1. The standard InChI is InChI=1S/C20H20N2O3S/c1-15-12-17-8-5-9-19(20(17)21-13-15)26(23,24)22-10-11-25-18(14-22)16-6-3-2-4-7-16/h2-9,12-13,18H,10-11,14H2,1H3/t18-/m0/s1. The van der Waals surface area contributed by atoms with E-state index in [0.29, 0.717) is 25.2 Å². The van der Waals surface area contributed by atoms with Gasteiger partial charge >= 0.3 is 0 Å². The zero-order chi connectivity index (χ0) is 18.1. The van der Waals surface area contributed by atoms with Crippen molar-refractivity contribution in [2.45, 2.75) is 17.9 Å². The minimum absolute atomic E-state index is 0.253. The molecular weight excluding hydrogens is 348 g/mol. The fraction of sp³-hybridized carbons (Fsp3) is 0.250. The normalized spacial score (nSPS) is 18.9. The highest BCUT2D eigenvalue weighted by Crippen LogP contribution is 2.29. The summed E-state index contributed by atoms with van der Waals surface area (Å²) in [6, 6.07) is 17.0. The first-order valence-corrected chi connectivity index (χ1v) is 10.0. The van der Waals surface area contributed by atoms with Gasteiger partial charge in [0.2, 0.25) is 10.0 Å². The second kappa shape index (κ2) is 6.79. The van der Waals surface area contributed by atoms with Crippen LogP contribution in [0, 0.1) is 6.92 Å². The zero-order valence-electron chi connectivity index (χ0n) is 14.5. The van der Waals surface area contributed by atoms with Gasteiger partial charge in [0.25, 0.3) is 0 Å². The molecular formula is C20H20N2O3S. The molecule has 2 heterocycles. The Hall–Kier alpha value is -2.28. The van der Waals surface area contributed by atoms with Crippen LogP contribution in [0.5, 0.6) is 0 Å². The van der Waals surface area contributed by atoms with E-state index >= 15 is 0 Å². The molecule has 0 unspecified atom stereocenters. The van der Waals surface area contributed by atoms with Gasteiger partial charge in [0.1, 0.15) is 4.90 Å². The van der Waals surface area contributed by atoms with Gasteiger partial charge in [-0.3, -0.25) is 4.98 Å². The molecule has 1 aliphatic heterocycles. The van der Waals surface area contributed by atoms with Crippen molar-refractivity contribution in [1.82, 2.24) is 9.29 Å². The van der Waals surface area contributed by atoms with Gasteiger partial charge in [0, 0.05) is 24.7 Å². The summed E-state index contributed by atoms with van der Waals surface area (Å²) in [7, 11) is -3.65. The van der Waals surface area contributed by atoms with Crippen molar-refractivity contribution < 1.29 is 13.2 Å². The van der Waals surface area contributed by atoms with E-state index in [1.165, 1.54) is 4.31 Å². The quantitative estimate of drug-likeness (QED) is 0.712. The number of sulfonamides is 1. The summed E-state index contributed by atoms with van der Waals surface area (Å²) in [5.41, 5.74) is 2.50. The summed E-state index contributed by atoms with van der Waals surface area (Å²) in [5, 5.41) is 0.832. The highest BCUT2D eigenvalue weighted by Gasteiger charge is 2.32. The SMILES string of the molecule is Cc1cnc2c(S(=O)(=O)N3CCO[C@H](c4ccccc4)C3)cccc2c1. The van der Waals surface area contributed by atoms with E-state index in [-0.39, 0.29) is 11.0 Å². The lowest BCUT2D eigenvalue weighted by Gasteiger charge is -2.32. The highest BCUT2D eigenvalue weighted by atomic mass is 32.2. The molecule has 26 heavy (non-hydrogen) atoms. The molecule has 5 nitrogen and oxygen atoms in total. The number of hydrogen-bond donors (Lipinski definition) is 0. The Morgan fingerprint density at radius 3 is 2.73 bits per heavy atom. The number of ether oxygens (including phenoxy) is 1.